The highest BCUT2D eigenvalue weighted by Gasteiger charge is 2.30. The summed E-state index contributed by atoms with van der Waals surface area (Å²) in [6.07, 6.45) is -2.53. The minimum absolute atomic E-state index is 0.213. The number of aryl methyl sites for hydroxylation is 2. The molecule has 0 aromatic heterocycles. The van der Waals surface area contributed by atoms with Crippen molar-refractivity contribution in [1.29, 1.82) is 0 Å². The van der Waals surface area contributed by atoms with Crippen molar-refractivity contribution < 1.29 is 24.5 Å². The number of carboxylic acid groups (broad SMARTS) is 1. The van der Waals surface area contributed by atoms with Crippen LogP contribution in [0.15, 0.2) is 42.5 Å². The van der Waals surface area contributed by atoms with Crippen molar-refractivity contribution in [3.63, 3.8) is 0 Å². The van der Waals surface area contributed by atoms with E-state index >= 15 is 0 Å². The quantitative estimate of drug-likeness (QED) is 0.767. The van der Waals surface area contributed by atoms with Gasteiger partial charge in [0.15, 0.2) is 6.10 Å². The summed E-state index contributed by atoms with van der Waals surface area (Å²) in [5.41, 5.74) is 3.15. The van der Waals surface area contributed by atoms with Crippen molar-refractivity contribution in [3.8, 4) is 5.75 Å². The minimum atomic E-state index is -1.29. The molecule has 2 atom stereocenters. The van der Waals surface area contributed by atoms with Crippen LogP contribution in [-0.4, -0.2) is 28.9 Å². The zero-order chi connectivity index (χ0) is 18.4. The van der Waals surface area contributed by atoms with Crippen molar-refractivity contribution in [2.45, 2.75) is 39.6 Å². The van der Waals surface area contributed by atoms with E-state index in [0.29, 0.717) is 17.9 Å². The summed E-state index contributed by atoms with van der Waals surface area (Å²) in [4.78, 5) is 11.3. The standard InChI is InChI=1S/C20H24O5/c1-4-24-19(20(22)23)18(21)17-13(2)10-16(11-14(17)3)25-12-15-8-6-5-7-9-15/h5-11,18-19,21H,4,12H2,1-3H3,(H,22,23)/t18-,19+/m1/s1. The molecular formula is C20H24O5. The number of aliphatic hydroxyl groups is 1. The molecule has 0 aliphatic heterocycles. The Morgan fingerprint density at radius 3 is 2.24 bits per heavy atom. The van der Waals surface area contributed by atoms with Gasteiger partial charge < -0.3 is 19.7 Å². The molecule has 5 nitrogen and oxygen atoms in total. The first-order chi connectivity index (χ1) is 11.9. The van der Waals surface area contributed by atoms with Gasteiger partial charge in [-0.3, -0.25) is 0 Å². The molecule has 25 heavy (non-hydrogen) atoms. The van der Waals surface area contributed by atoms with Crippen LogP contribution in [0.3, 0.4) is 0 Å². The SMILES string of the molecule is CCO[C@H](C(=O)O)[C@H](O)c1c(C)cc(OCc2ccccc2)cc1C. The van der Waals surface area contributed by atoms with Crippen LogP contribution < -0.4 is 4.74 Å². The van der Waals surface area contributed by atoms with E-state index in [1.54, 1.807) is 19.1 Å². The molecule has 0 spiro atoms. The van der Waals surface area contributed by atoms with Crippen molar-refractivity contribution in [1.82, 2.24) is 0 Å². The third-order valence-corrected chi connectivity index (χ3v) is 3.99. The van der Waals surface area contributed by atoms with E-state index in [1.807, 2.05) is 44.2 Å². The van der Waals surface area contributed by atoms with Gasteiger partial charge in [-0.15, -0.1) is 0 Å². The Bertz CT molecular complexity index is 688. The molecule has 2 aromatic carbocycles. The molecule has 0 amide bonds. The number of hydrogen-bond donors (Lipinski definition) is 2. The topological polar surface area (TPSA) is 76.0 Å². The van der Waals surface area contributed by atoms with Crippen LogP contribution in [0.1, 0.15) is 35.3 Å². The Morgan fingerprint density at radius 1 is 1.12 bits per heavy atom. The summed E-state index contributed by atoms with van der Waals surface area (Å²) in [7, 11) is 0. The van der Waals surface area contributed by atoms with Gasteiger partial charge in [0.1, 0.15) is 18.5 Å². The maximum Gasteiger partial charge on any atom is 0.335 e. The van der Waals surface area contributed by atoms with E-state index in [2.05, 4.69) is 0 Å². The molecule has 0 aliphatic rings. The molecule has 0 aliphatic carbocycles. The number of rotatable bonds is 8. The lowest BCUT2D eigenvalue weighted by molar-refractivity contribution is -0.158. The summed E-state index contributed by atoms with van der Waals surface area (Å²) >= 11 is 0. The number of ether oxygens (including phenoxy) is 2. The van der Waals surface area contributed by atoms with E-state index in [-0.39, 0.29) is 6.61 Å². The van der Waals surface area contributed by atoms with Crippen molar-refractivity contribution >= 4 is 5.97 Å². The number of benzene rings is 2. The molecule has 0 radical (unpaired) electrons. The fourth-order valence-corrected chi connectivity index (χ4v) is 2.85. The molecule has 0 saturated heterocycles. The van der Waals surface area contributed by atoms with E-state index in [4.69, 9.17) is 9.47 Å². The third-order valence-electron chi connectivity index (χ3n) is 3.99. The molecule has 134 valence electrons. The summed E-state index contributed by atoms with van der Waals surface area (Å²) in [6, 6.07) is 13.4. The van der Waals surface area contributed by atoms with Crippen molar-refractivity contribution in [3.05, 3.63) is 64.7 Å². The smallest absolute Gasteiger partial charge is 0.335 e. The lowest BCUT2D eigenvalue weighted by atomic mass is 9.94. The maximum absolute atomic E-state index is 11.3. The monoisotopic (exact) mass is 344 g/mol. The lowest BCUT2D eigenvalue weighted by Crippen LogP contribution is -2.31. The van der Waals surface area contributed by atoms with E-state index in [9.17, 15) is 15.0 Å². The van der Waals surface area contributed by atoms with Crippen LogP contribution >= 0.6 is 0 Å². The summed E-state index contributed by atoms with van der Waals surface area (Å²) in [6.45, 7) is 6.00. The normalized spacial score (nSPS) is 13.3. The minimum Gasteiger partial charge on any atom is -0.489 e. The van der Waals surface area contributed by atoms with Gasteiger partial charge in [0.2, 0.25) is 0 Å². The molecule has 0 heterocycles. The second-order valence-electron chi connectivity index (χ2n) is 5.90. The van der Waals surface area contributed by atoms with Crippen LogP contribution in [0.2, 0.25) is 0 Å². The highest BCUT2D eigenvalue weighted by atomic mass is 16.5. The van der Waals surface area contributed by atoms with E-state index in [1.165, 1.54) is 0 Å². The number of carboxylic acids is 1. The predicted octanol–water partition coefficient (Wildman–Crippen LogP) is 3.41. The molecule has 2 rings (SSSR count). The molecular weight excluding hydrogens is 320 g/mol. The first-order valence-corrected chi connectivity index (χ1v) is 8.24. The van der Waals surface area contributed by atoms with Crippen molar-refractivity contribution in [2.75, 3.05) is 6.61 Å². The van der Waals surface area contributed by atoms with Crippen LogP contribution in [0.25, 0.3) is 0 Å². The zero-order valence-corrected chi connectivity index (χ0v) is 14.7. The van der Waals surface area contributed by atoms with Gasteiger partial charge >= 0.3 is 5.97 Å². The van der Waals surface area contributed by atoms with Gasteiger partial charge in [-0.05, 0) is 55.2 Å². The van der Waals surface area contributed by atoms with Gasteiger partial charge in [0.25, 0.3) is 0 Å². The Labute approximate surface area is 147 Å². The first kappa shape index (κ1) is 19.0. The van der Waals surface area contributed by atoms with Crippen LogP contribution in [0, 0.1) is 13.8 Å². The Hall–Kier alpha value is -2.37. The van der Waals surface area contributed by atoms with Crippen LogP contribution in [0.5, 0.6) is 5.75 Å². The van der Waals surface area contributed by atoms with Gasteiger partial charge in [0.05, 0.1) is 0 Å². The van der Waals surface area contributed by atoms with Crippen molar-refractivity contribution in [2.24, 2.45) is 0 Å². The number of carbonyl (C=O) groups is 1. The van der Waals surface area contributed by atoms with Gasteiger partial charge in [-0.25, -0.2) is 4.79 Å². The first-order valence-electron chi connectivity index (χ1n) is 8.24. The van der Waals surface area contributed by atoms with E-state index in [0.717, 1.165) is 16.7 Å². The van der Waals surface area contributed by atoms with Gasteiger partial charge in [-0.1, -0.05) is 30.3 Å². The average molecular weight is 344 g/mol. The molecule has 2 N–H and O–H groups in total. The summed E-state index contributed by atoms with van der Waals surface area (Å²) in [5.74, 6) is -0.504. The average Bonchev–Trinajstić information content (AvgIpc) is 2.57. The Morgan fingerprint density at radius 2 is 1.72 bits per heavy atom. The molecule has 0 saturated carbocycles. The fraction of sp³-hybridized carbons (Fsp3) is 0.350. The second-order valence-corrected chi connectivity index (χ2v) is 5.90. The van der Waals surface area contributed by atoms with Crippen LogP contribution in [0.4, 0.5) is 0 Å². The van der Waals surface area contributed by atoms with Gasteiger partial charge in [0, 0.05) is 6.61 Å². The number of hydrogen-bond acceptors (Lipinski definition) is 4. The molecule has 5 heteroatoms. The lowest BCUT2D eigenvalue weighted by Gasteiger charge is -2.23. The number of aliphatic hydroxyl groups excluding tert-OH is 1. The molecule has 0 fully saturated rings. The largest absolute Gasteiger partial charge is 0.489 e. The maximum atomic E-state index is 11.3. The molecule has 2 aromatic rings. The molecule has 0 bridgehead atoms. The Balaban J connectivity index is 2.20. The zero-order valence-electron chi connectivity index (χ0n) is 14.7. The predicted molar refractivity (Wildman–Crippen MR) is 94.7 cm³/mol. The number of aliphatic carboxylic acids is 1. The van der Waals surface area contributed by atoms with Gasteiger partial charge in [-0.2, -0.15) is 0 Å². The third kappa shape index (κ3) is 4.81. The summed E-state index contributed by atoms with van der Waals surface area (Å²) < 4.78 is 11.0. The van der Waals surface area contributed by atoms with Crippen LogP contribution in [-0.2, 0) is 16.1 Å². The van der Waals surface area contributed by atoms with E-state index < -0.39 is 18.2 Å². The fourth-order valence-electron chi connectivity index (χ4n) is 2.85. The highest BCUT2D eigenvalue weighted by Crippen LogP contribution is 2.30. The summed E-state index contributed by atoms with van der Waals surface area (Å²) in [5, 5.41) is 19.8. The highest BCUT2D eigenvalue weighted by molar-refractivity contribution is 5.73. The second kappa shape index (κ2) is 8.65. The molecule has 0 unspecified atom stereocenters. The Kier molecular flexibility index (Phi) is 6.56.